The molecule has 1 heterocycles. The number of ether oxygens (including phenoxy) is 5. The Balaban J connectivity index is 3.00. The molecule has 0 aromatic rings. The molecular formula is C23H48O8Si. The van der Waals surface area contributed by atoms with Gasteiger partial charge < -0.3 is 37.0 Å². The van der Waals surface area contributed by atoms with Crippen LogP contribution in [0.1, 0.15) is 74.1 Å². The Hall–Kier alpha value is -0.103. The second kappa shape index (κ2) is 16.5. The van der Waals surface area contributed by atoms with Gasteiger partial charge in [0.1, 0.15) is 12.2 Å². The van der Waals surface area contributed by atoms with E-state index in [-0.39, 0.29) is 12.2 Å². The summed E-state index contributed by atoms with van der Waals surface area (Å²) in [6.45, 7) is 18.4. The second-order valence-electron chi connectivity index (χ2n) is 7.76. The third kappa shape index (κ3) is 8.92. The topological polar surface area (TPSA) is 77.1 Å². The van der Waals surface area contributed by atoms with Crippen molar-refractivity contribution in [1.29, 1.82) is 0 Å². The number of rotatable bonds is 22. The Morgan fingerprint density at radius 3 is 2.00 bits per heavy atom. The number of hydrogen-bond acceptors (Lipinski definition) is 8. The molecule has 1 aliphatic rings. The first-order chi connectivity index (χ1) is 15.5. The molecule has 1 saturated heterocycles. The van der Waals surface area contributed by atoms with E-state index < -0.39 is 14.2 Å². The van der Waals surface area contributed by atoms with Crippen molar-refractivity contribution < 1.29 is 37.0 Å². The van der Waals surface area contributed by atoms with Gasteiger partial charge >= 0.3 is 8.80 Å². The number of hydrogen-bond donors (Lipinski definition) is 0. The molecule has 0 amide bonds. The molecule has 32 heavy (non-hydrogen) atoms. The standard InChI is InChI=1S/C23H48O8Si/c1-8-22(25-9-2)23(27-10-3,28-11-4)32(29-12-5,30-13-6)31-20(7)16-14-15-17-24-18-21-19-26-21/h20-22H,8-19H2,1-7H3. The minimum absolute atomic E-state index is 0.0917. The average molecular weight is 481 g/mol. The van der Waals surface area contributed by atoms with E-state index in [1.54, 1.807) is 0 Å². The molecular weight excluding hydrogens is 432 g/mol. The zero-order valence-corrected chi connectivity index (χ0v) is 22.5. The highest BCUT2D eigenvalue weighted by Gasteiger charge is 2.69. The van der Waals surface area contributed by atoms with Crippen LogP contribution >= 0.6 is 0 Å². The van der Waals surface area contributed by atoms with Gasteiger partial charge in [0.05, 0.1) is 13.2 Å². The summed E-state index contributed by atoms with van der Waals surface area (Å²) in [5.74, 6) is 0. The molecule has 0 saturated carbocycles. The van der Waals surface area contributed by atoms with E-state index in [9.17, 15) is 0 Å². The molecule has 0 radical (unpaired) electrons. The lowest BCUT2D eigenvalue weighted by atomic mass is 10.2. The van der Waals surface area contributed by atoms with Gasteiger partial charge in [0, 0.05) is 45.7 Å². The molecule has 0 spiro atoms. The lowest BCUT2D eigenvalue weighted by Gasteiger charge is -2.48. The molecule has 3 unspecified atom stereocenters. The Morgan fingerprint density at radius 2 is 1.53 bits per heavy atom. The minimum atomic E-state index is -3.50. The van der Waals surface area contributed by atoms with Crippen molar-refractivity contribution in [2.45, 2.75) is 97.9 Å². The highest BCUT2D eigenvalue weighted by atomic mass is 28.4. The normalized spacial score (nSPS) is 18.7. The van der Waals surface area contributed by atoms with E-state index in [4.69, 9.17) is 37.0 Å². The molecule has 1 fully saturated rings. The molecule has 0 bridgehead atoms. The lowest BCUT2D eigenvalue weighted by Crippen LogP contribution is -2.73. The summed E-state index contributed by atoms with van der Waals surface area (Å²) in [6.07, 6.45) is 3.34. The van der Waals surface area contributed by atoms with Crippen molar-refractivity contribution in [1.82, 2.24) is 0 Å². The van der Waals surface area contributed by atoms with Crippen molar-refractivity contribution in [3.8, 4) is 0 Å². The van der Waals surface area contributed by atoms with Crippen LogP contribution in [-0.2, 0) is 37.0 Å². The number of unbranched alkanes of at least 4 members (excludes halogenated alkanes) is 1. The molecule has 1 rings (SSSR count). The van der Waals surface area contributed by atoms with Crippen molar-refractivity contribution in [3.63, 3.8) is 0 Å². The van der Waals surface area contributed by atoms with E-state index in [1.165, 1.54) is 0 Å². The van der Waals surface area contributed by atoms with Crippen LogP contribution < -0.4 is 0 Å². The first kappa shape index (κ1) is 29.9. The van der Waals surface area contributed by atoms with Gasteiger partial charge in [0.25, 0.3) is 5.41 Å². The van der Waals surface area contributed by atoms with E-state index in [1.807, 2.05) is 34.6 Å². The van der Waals surface area contributed by atoms with Crippen LogP contribution in [0.4, 0.5) is 0 Å². The van der Waals surface area contributed by atoms with E-state index in [0.717, 1.165) is 32.5 Å². The Kier molecular flexibility index (Phi) is 15.4. The largest absolute Gasteiger partial charge is 0.566 e. The summed E-state index contributed by atoms with van der Waals surface area (Å²) < 4.78 is 49.0. The van der Waals surface area contributed by atoms with Gasteiger partial charge in [0.15, 0.2) is 0 Å². The maximum atomic E-state index is 6.68. The van der Waals surface area contributed by atoms with Crippen LogP contribution in [-0.4, -0.2) is 85.4 Å². The molecule has 0 aromatic carbocycles. The van der Waals surface area contributed by atoms with Crippen LogP contribution in [0.15, 0.2) is 0 Å². The molecule has 0 aromatic heterocycles. The first-order valence-electron chi connectivity index (χ1n) is 12.5. The summed E-state index contributed by atoms with van der Waals surface area (Å²) in [7, 11) is -3.50. The molecule has 9 heteroatoms. The van der Waals surface area contributed by atoms with Crippen molar-refractivity contribution in [2.24, 2.45) is 0 Å². The molecule has 3 atom stereocenters. The van der Waals surface area contributed by atoms with Crippen LogP contribution in [0.3, 0.4) is 0 Å². The average Bonchev–Trinajstić information content (AvgIpc) is 3.59. The minimum Gasteiger partial charge on any atom is -0.379 e. The molecule has 0 aliphatic carbocycles. The van der Waals surface area contributed by atoms with Crippen molar-refractivity contribution in [3.05, 3.63) is 0 Å². The molecule has 192 valence electrons. The van der Waals surface area contributed by atoms with Gasteiger partial charge in [-0.3, -0.25) is 0 Å². The molecule has 8 nitrogen and oxygen atoms in total. The van der Waals surface area contributed by atoms with Crippen molar-refractivity contribution in [2.75, 3.05) is 52.9 Å². The fraction of sp³-hybridized carbons (Fsp3) is 1.00. The van der Waals surface area contributed by atoms with Crippen LogP contribution in [0, 0.1) is 0 Å². The lowest BCUT2D eigenvalue weighted by molar-refractivity contribution is -0.274. The van der Waals surface area contributed by atoms with Gasteiger partial charge in [-0.15, -0.1) is 0 Å². The van der Waals surface area contributed by atoms with Gasteiger partial charge in [-0.25, -0.2) is 0 Å². The van der Waals surface area contributed by atoms with Crippen molar-refractivity contribution >= 4 is 8.80 Å². The summed E-state index contributed by atoms with van der Waals surface area (Å²) in [6, 6.07) is 0. The predicted molar refractivity (Wildman–Crippen MR) is 126 cm³/mol. The fourth-order valence-corrected chi connectivity index (χ4v) is 7.36. The number of epoxide rings is 1. The van der Waals surface area contributed by atoms with E-state index >= 15 is 0 Å². The third-order valence-corrected chi connectivity index (χ3v) is 8.70. The monoisotopic (exact) mass is 480 g/mol. The first-order valence-corrected chi connectivity index (χ1v) is 14.3. The molecule has 1 aliphatic heterocycles. The zero-order valence-electron chi connectivity index (χ0n) is 21.5. The Labute approximate surface area is 196 Å². The third-order valence-electron chi connectivity index (χ3n) is 5.19. The SMILES string of the molecule is CCOC(CC)C(OCC)(OCC)[Si](OCC)(OCC)OC(C)CCCCOCC1CO1. The van der Waals surface area contributed by atoms with Gasteiger partial charge in [0.2, 0.25) is 0 Å². The Morgan fingerprint density at radius 1 is 0.906 bits per heavy atom. The zero-order chi connectivity index (χ0) is 23.9. The quantitative estimate of drug-likeness (QED) is 0.0991. The van der Waals surface area contributed by atoms with E-state index in [0.29, 0.717) is 52.2 Å². The summed E-state index contributed by atoms with van der Waals surface area (Å²) in [5, 5.41) is 0. The van der Waals surface area contributed by atoms with Crippen LogP contribution in [0.2, 0.25) is 0 Å². The smallest absolute Gasteiger partial charge is 0.379 e. The summed E-state index contributed by atoms with van der Waals surface area (Å²) >= 11 is 0. The van der Waals surface area contributed by atoms with Gasteiger partial charge in [-0.1, -0.05) is 6.92 Å². The van der Waals surface area contributed by atoms with Crippen LogP contribution in [0.5, 0.6) is 0 Å². The molecule has 0 N–H and O–H groups in total. The van der Waals surface area contributed by atoms with Crippen LogP contribution in [0.25, 0.3) is 0 Å². The maximum absolute atomic E-state index is 6.68. The van der Waals surface area contributed by atoms with E-state index in [2.05, 4.69) is 13.8 Å². The maximum Gasteiger partial charge on any atom is 0.566 e. The fourth-order valence-electron chi connectivity index (χ4n) is 3.84. The second-order valence-corrected chi connectivity index (χ2v) is 10.4. The summed E-state index contributed by atoms with van der Waals surface area (Å²) in [5.41, 5.74) is -1.23. The predicted octanol–water partition coefficient (Wildman–Crippen LogP) is 4.11. The highest BCUT2D eigenvalue weighted by molar-refractivity contribution is 6.64. The highest BCUT2D eigenvalue weighted by Crippen LogP contribution is 2.37. The van der Waals surface area contributed by atoms with Gasteiger partial charge in [-0.2, -0.15) is 0 Å². The Bertz CT molecular complexity index is 451. The summed E-state index contributed by atoms with van der Waals surface area (Å²) in [4.78, 5) is 0. The van der Waals surface area contributed by atoms with Gasteiger partial charge in [-0.05, 0) is 67.2 Å².